The van der Waals surface area contributed by atoms with E-state index in [1.807, 2.05) is 30.3 Å². The van der Waals surface area contributed by atoms with E-state index in [-0.39, 0.29) is 23.9 Å². The number of hydrogen-bond acceptors (Lipinski definition) is 6. The smallest absolute Gasteiger partial charge is 0.248 e. The Labute approximate surface area is 169 Å². The molecular weight excluding hydrogens is 378 g/mol. The van der Waals surface area contributed by atoms with E-state index in [0.717, 1.165) is 24.1 Å². The van der Waals surface area contributed by atoms with Gasteiger partial charge in [0.2, 0.25) is 5.91 Å². The number of aliphatic hydroxyl groups is 1. The maximum atomic E-state index is 11.8. The van der Waals surface area contributed by atoms with Crippen LogP contribution < -0.4 is 10.9 Å². The molecule has 2 aliphatic rings. The normalized spacial score (nSPS) is 25.8. The Morgan fingerprint density at radius 3 is 2.57 bits per heavy atom. The molecule has 7 nitrogen and oxygen atoms in total. The third-order valence-corrected chi connectivity index (χ3v) is 6.11. The summed E-state index contributed by atoms with van der Waals surface area (Å²) >= 11 is 6.07. The van der Waals surface area contributed by atoms with Crippen LogP contribution >= 0.6 is 11.6 Å². The van der Waals surface area contributed by atoms with Gasteiger partial charge in [-0.05, 0) is 42.5 Å². The third kappa shape index (κ3) is 3.89. The van der Waals surface area contributed by atoms with Crippen LogP contribution in [0.15, 0.2) is 42.9 Å². The maximum absolute atomic E-state index is 11.8. The van der Waals surface area contributed by atoms with Crippen molar-refractivity contribution in [3.05, 3.63) is 59.1 Å². The van der Waals surface area contributed by atoms with Gasteiger partial charge in [-0.2, -0.15) is 0 Å². The van der Waals surface area contributed by atoms with Crippen LogP contribution in [0.5, 0.6) is 0 Å². The number of carbonyl (C=O) groups excluding carboxylic acids is 1. The summed E-state index contributed by atoms with van der Waals surface area (Å²) in [5.41, 5.74) is 9.10. The molecule has 0 radical (unpaired) electrons. The molecule has 1 aromatic heterocycles. The number of amides is 1. The lowest BCUT2D eigenvalue weighted by atomic mass is 9.77. The van der Waals surface area contributed by atoms with Crippen LogP contribution in [0.25, 0.3) is 0 Å². The van der Waals surface area contributed by atoms with Gasteiger partial charge in [-0.25, -0.2) is 15.4 Å². The van der Waals surface area contributed by atoms with Gasteiger partial charge in [-0.3, -0.25) is 10.2 Å². The summed E-state index contributed by atoms with van der Waals surface area (Å²) < 4.78 is 0. The quantitative estimate of drug-likeness (QED) is 0.722. The van der Waals surface area contributed by atoms with Crippen molar-refractivity contribution in [3.63, 3.8) is 0 Å². The number of likely N-dealkylation sites (tertiary alicyclic amines) is 1. The molecule has 2 aliphatic heterocycles. The van der Waals surface area contributed by atoms with Crippen molar-refractivity contribution in [2.75, 3.05) is 19.7 Å². The first-order valence-corrected chi connectivity index (χ1v) is 9.96. The van der Waals surface area contributed by atoms with Crippen molar-refractivity contribution in [1.82, 2.24) is 25.7 Å². The van der Waals surface area contributed by atoms with E-state index in [4.69, 9.17) is 16.7 Å². The van der Waals surface area contributed by atoms with Gasteiger partial charge in [0.1, 0.15) is 12.9 Å². The fourth-order valence-electron chi connectivity index (χ4n) is 4.41. The molecule has 3 atom stereocenters. The topological polar surface area (TPSA) is 90.4 Å². The lowest BCUT2D eigenvalue weighted by Gasteiger charge is -2.36. The molecule has 0 bridgehead atoms. The number of rotatable bonds is 4. The van der Waals surface area contributed by atoms with Crippen LogP contribution in [-0.4, -0.2) is 51.6 Å². The van der Waals surface area contributed by atoms with E-state index >= 15 is 0 Å². The number of carbonyl (C=O) groups is 1. The Balaban J connectivity index is 1.57. The molecule has 3 heterocycles. The summed E-state index contributed by atoms with van der Waals surface area (Å²) in [6.07, 6.45) is 5.14. The second kappa shape index (κ2) is 8.53. The molecule has 28 heavy (non-hydrogen) atoms. The average Bonchev–Trinajstić information content (AvgIpc) is 3.19. The summed E-state index contributed by atoms with van der Waals surface area (Å²) in [5.74, 6) is 0.337. The van der Waals surface area contributed by atoms with Crippen molar-refractivity contribution in [2.24, 2.45) is 5.92 Å². The zero-order valence-corrected chi connectivity index (χ0v) is 16.2. The van der Waals surface area contributed by atoms with E-state index in [9.17, 15) is 4.79 Å². The van der Waals surface area contributed by atoms with Gasteiger partial charge in [0.25, 0.3) is 0 Å². The first-order chi connectivity index (χ1) is 13.7. The minimum Gasteiger partial charge on any atom is -0.387 e. The summed E-state index contributed by atoms with van der Waals surface area (Å²) in [5, 5.41) is 9.81. The molecule has 1 aromatic carbocycles. The minimum absolute atomic E-state index is 0.0641. The van der Waals surface area contributed by atoms with E-state index in [1.165, 1.54) is 0 Å². The number of benzene rings is 1. The zero-order chi connectivity index (χ0) is 19.5. The van der Waals surface area contributed by atoms with Crippen molar-refractivity contribution in [3.8, 4) is 0 Å². The van der Waals surface area contributed by atoms with Crippen molar-refractivity contribution in [1.29, 1.82) is 0 Å². The average molecular weight is 402 g/mol. The van der Waals surface area contributed by atoms with Gasteiger partial charge in [-0.1, -0.05) is 23.7 Å². The van der Waals surface area contributed by atoms with Crippen molar-refractivity contribution < 1.29 is 9.90 Å². The Kier molecular flexibility index (Phi) is 5.87. The van der Waals surface area contributed by atoms with Crippen molar-refractivity contribution >= 4 is 17.5 Å². The fraction of sp³-hybridized carbons (Fsp3) is 0.450. The van der Waals surface area contributed by atoms with Gasteiger partial charge in [0, 0.05) is 36.3 Å². The SMILES string of the molecule is O=C(CO)N1CCC(C2NNC(c3ccc(Cl)cc3)C2c2ccncn2)CC1. The molecule has 2 fully saturated rings. The first-order valence-electron chi connectivity index (χ1n) is 9.58. The molecule has 8 heteroatoms. The van der Waals surface area contributed by atoms with Gasteiger partial charge < -0.3 is 10.0 Å². The Morgan fingerprint density at radius 1 is 1.18 bits per heavy atom. The van der Waals surface area contributed by atoms with Gasteiger partial charge in [-0.15, -0.1) is 0 Å². The molecule has 1 amide bonds. The molecule has 0 aliphatic carbocycles. The van der Waals surface area contributed by atoms with E-state index in [0.29, 0.717) is 24.0 Å². The number of hydrogen-bond donors (Lipinski definition) is 3. The Bertz CT molecular complexity index is 796. The molecule has 3 N–H and O–H groups in total. The number of aliphatic hydroxyl groups excluding tert-OH is 1. The number of nitrogens with one attached hydrogen (secondary N) is 2. The lowest BCUT2D eigenvalue weighted by Crippen LogP contribution is -2.46. The molecule has 148 valence electrons. The fourth-order valence-corrected chi connectivity index (χ4v) is 4.53. The second-order valence-corrected chi connectivity index (χ2v) is 7.82. The first kappa shape index (κ1) is 19.3. The monoisotopic (exact) mass is 401 g/mol. The van der Waals surface area contributed by atoms with E-state index < -0.39 is 6.61 Å². The zero-order valence-electron chi connectivity index (χ0n) is 15.5. The highest BCUT2D eigenvalue weighted by molar-refractivity contribution is 6.30. The van der Waals surface area contributed by atoms with Crippen LogP contribution in [0.4, 0.5) is 0 Å². The molecular formula is C20H24ClN5O2. The van der Waals surface area contributed by atoms with Crippen LogP contribution in [0.2, 0.25) is 5.02 Å². The van der Waals surface area contributed by atoms with Crippen LogP contribution in [-0.2, 0) is 4.79 Å². The Hall–Kier alpha value is -2.06. The number of halogens is 1. The van der Waals surface area contributed by atoms with E-state index in [1.54, 1.807) is 17.4 Å². The minimum atomic E-state index is -0.421. The predicted octanol–water partition coefficient (Wildman–Crippen LogP) is 1.66. The standard InChI is InChI=1S/C20H24ClN5O2/c21-15-3-1-13(2-4-15)19-18(16-5-8-22-12-23-16)20(25-24-19)14-6-9-26(10-7-14)17(28)11-27/h1-5,8,12,14,18-20,24-25,27H,6-7,9-11H2. The molecule has 0 saturated carbocycles. The summed E-state index contributed by atoms with van der Waals surface area (Å²) in [6.45, 7) is 0.921. The lowest BCUT2D eigenvalue weighted by molar-refractivity contribution is -0.135. The number of piperidine rings is 1. The number of aromatic nitrogens is 2. The van der Waals surface area contributed by atoms with E-state index in [2.05, 4.69) is 20.8 Å². The second-order valence-electron chi connectivity index (χ2n) is 7.38. The Morgan fingerprint density at radius 2 is 1.93 bits per heavy atom. The summed E-state index contributed by atoms with van der Waals surface area (Å²) in [6, 6.07) is 10.1. The molecule has 2 aromatic rings. The van der Waals surface area contributed by atoms with Crippen molar-refractivity contribution in [2.45, 2.75) is 30.8 Å². The molecule has 0 spiro atoms. The van der Waals surface area contributed by atoms with Crippen LogP contribution in [0.1, 0.15) is 36.1 Å². The molecule has 2 saturated heterocycles. The largest absolute Gasteiger partial charge is 0.387 e. The van der Waals surface area contributed by atoms with Crippen LogP contribution in [0.3, 0.4) is 0 Å². The summed E-state index contributed by atoms with van der Waals surface area (Å²) in [4.78, 5) is 22.1. The van der Waals surface area contributed by atoms with Gasteiger partial charge in [0.15, 0.2) is 0 Å². The van der Waals surface area contributed by atoms with Gasteiger partial charge >= 0.3 is 0 Å². The number of hydrazine groups is 1. The van der Waals surface area contributed by atoms with Gasteiger partial charge in [0.05, 0.1) is 11.7 Å². The molecule has 3 unspecified atom stereocenters. The summed E-state index contributed by atoms with van der Waals surface area (Å²) in [7, 11) is 0. The maximum Gasteiger partial charge on any atom is 0.248 e. The highest BCUT2D eigenvalue weighted by Crippen LogP contribution is 2.41. The third-order valence-electron chi connectivity index (χ3n) is 5.86. The predicted molar refractivity (Wildman–Crippen MR) is 105 cm³/mol. The highest BCUT2D eigenvalue weighted by atomic mass is 35.5. The van der Waals surface area contributed by atoms with Crippen LogP contribution in [0, 0.1) is 5.92 Å². The molecule has 4 rings (SSSR count). The number of nitrogens with zero attached hydrogens (tertiary/aromatic N) is 3. The highest BCUT2D eigenvalue weighted by Gasteiger charge is 2.43.